The molecule has 0 bridgehead atoms. The lowest BCUT2D eigenvalue weighted by Gasteiger charge is -2.10. The first-order chi connectivity index (χ1) is 7.36. The number of aliphatic carboxylic acids is 1. The van der Waals surface area contributed by atoms with E-state index in [0.717, 1.165) is 0 Å². The maximum atomic E-state index is 10.6. The first kappa shape index (κ1) is 13.1. The zero-order valence-corrected chi connectivity index (χ0v) is 10.7. The minimum Gasteiger partial charge on any atom is -0.479 e. The van der Waals surface area contributed by atoms with Crippen LogP contribution in [0, 0.1) is 10.1 Å². The molecule has 0 saturated heterocycles. The Labute approximate surface area is 106 Å². The van der Waals surface area contributed by atoms with Crippen LogP contribution >= 0.6 is 31.9 Å². The lowest BCUT2D eigenvalue weighted by Crippen LogP contribution is -2.12. The molecule has 16 heavy (non-hydrogen) atoms. The van der Waals surface area contributed by atoms with Crippen LogP contribution in [0.3, 0.4) is 0 Å². The number of carboxylic acids is 1. The second kappa shape index (κ2) is 4.89. The zero-order chi connectivity index (χ0) is 12.5. The van der Waals surface area contributed by atoms with Crippen LogP contribution in [0.4, 0.5) is 5.69 Å². The Kier molecular flexibility index (Phi) is 4.00. The minimum absolute atomic E-state index is 0.0539. The molecule has 0 radical (unpaired) electrons. The highest BCUT2D eigenvalue weighted by molar-refractivity contribution is 9.11. The average molecular weight is 355 g/mol. The van der Waals surface area contributed by atoms with Crippen molar-refractivity contribution >= 4 is 43.5 Å². The van der Waals surface area contributed by atoms with Crippen molar-refractivity contribution in [3.05, 3.63) is 36.8 Å². The molecule has 2 N–H and O–H groups in total. The molecule has 0 aromatic heterocycles. The van der Waals surface area contributed by atoms with E-state index in [-0.39, 0.29) is 20.2 Å². The molecule has 1 rings (SSSR count). The Morgan fingerprint density at radius 2 is 2.00 bits per heavy atom. The molecule has 0 amide bonds. The van der Waals surface area contributed by atoms with Crippen LogP contribution in [0.15, 0.2) is 21.1 Å². The Hall–Kier alpha value is -0.990. The van der Waals surface area contributed by atoms with Gasteiger partial charge in [0.05, 0.1) is 4.92 Å². The summed E-state index contributed by atoms with van der Waals surface area (Å²) in [6, 6.07) is 2.51. The molecule has 1 unspecified atom stereocenters. The van der Waals surface area contributed by atoms with Gasteiger partial charge < -0.3 is 10.2 Å². The lowest BCUT2D eigenvalue weighted by molar-refractivity contribution is -0.385. The highest BCUT2D eigenvalue weighted by Gasteiger charge is 2.26. The summed E-state index contributed by atoms with van der Waals surface area (Å²) in [5.41, 5.74) is -0.389. The van der Waals surface area contributed by atoms with Crippen LogP contribution in [0.1, 0.15) is 11.7 Å². The number of halogens is 2. The van der Waals surface area contributed by atoms with Crippen molar-refractivity contribution in [1.29, 1.82) is 0 Å². The fourth-order valence-corrected chi connectivity index (χ4v) is 2.59. The number of aliphatic hydroxyl groups is 1. The van der Waals surface area contributed by atoms with Crippen molar-refractivity contribution in [3.8, 4) is 0 Å². The van der Waals surface area contributed by atoms with Crippen LogP contribution < -0.4 is 0 Å². The second-order valence-electron chi connectivity index (χ2n) is 2.79. The van der Waals surface area contributed by atoms with E-state index >= 15 is 0 Å². The summed E-state index contributed by atoms with van der Waals surface area (Å²) >= 11 is 5.93. The van der Waals surface area contributed by atoms with Gasteiger partial charge in [-0.15, -0.1) is 0 Å². The summed E-state index contributed by atoms with van der Waals surface area (Å²) in [6.07, 6.45) is -1.83. The summed E-state index contributed by atoms with van der Waals surface area (Å²) in [6.45, 7) is 0. The first-order valence-electron chi connectivity index (χ1n) is 3.89. The number of benzene rings is 1. The summed E-state index contributed by atoms with van der Waals surface area (Å²) in [7, 11) is 0. The maximum absolute atomic E-state index is 10.6. The number of carboxylic acid groups (broad SMARTS) is 1. The van der Waals surface area contributed by atoms with Gasteiger partial charge in [-0.05, 0) is 22.0 Å². The summed E-state index contributed by atoms with van der Waals surface area (Å²) in [5, 5.41) is 28.6. The van der Waals surface area contributed by atoms with E-state index in [4.69, 9.17) is 5.11 Å². The van der Waals surface area contributed by atoms with E-state index in [1.54, 1.807) is 0 Å². The maximum Gasteiger partial charge on any atom is 0.337 e. The largest absolute Gasteiger partial charge is 0.479 e. The second-order valence-corrected chi connectivity index (χ2v) is 4.44. The quantitative estimate of drug-likeness (QED) is 0.640. The third-order valence-electron chi connectivity index (χ3n) is 1.81. The molecule has 1 atom stereocenters. The van der Waals surface area contributed by atoms with Gasteiger partial charge in [0.25, 0.3) is 5.69 Å². The van der Waals surface area contributed by atoms with E-state index in [0.29, 0.717) is 0 Å². The third-order valence-corrected chi connectivity index (χ3v) is 3.34. The van der Waals surface area contributed by atoms with Crippen molar-refractivity contribution in [2.75, 3.05) is 0 Å². The monoisotopic (exact) mass is 353 g/mol. The smallest absolute Gasteiger partial charge is 0.337 e. The van der Waals surface area contributed by atoms with E-state index < -0.39 is 17.0 Å². The van der Waals surface area contributed by atoms with Gasteiger partial charge in [0.1, 0.15) is 4.47 Å². The molecule has 0 heterocycles. The molecule has 0 saturated carbocycles. The lowest BCUT2D eigenvalue weighted by atomic mass is 10.1. The molecule has 1 aromatic rings. The van der Waals surface area contributed by atoms with Gasteiger partial charge in [-0.3, -0.25) is 10.1 Å². The number of nitrogens with zero attached hydrogens (tertiary/aromatic N) is 1. The van der Waals surface area contributed by atoms with E-state index in [9.17, 15) is 20.0 Å². The number of rotatable bonds is 3. The highest BCUT2D eigenvalue weighted by Crippen LogP contribution is 2.37. The summed E-state index contributed by atoms with van der Waals surface area (Å²) in [5.74, 6) is -1.48. The SMILES string of the molecule is O=C(O)C(O)c1c(Br)ccc([N+](=O)[O-])c1Br. The van der Waals surface area contributed by atoms with Crippen LogP contribution in [-0.4, -0.2) is 21.1 Å². The number of hydrogen-bond donors (Lipinski definition) is 2. The third kappa shape index (κ3) is 2.39. The van der Waals surface area contributed by atoms with Gasteiger partial charge in [-0.1, -0.05) is 15.9 Å². The van der Waals surface area contributed by atoms with Gasteiger partial charge >= 0.3 is 5.97 Å². The predicted molar refractivity (Wildman–Crippen MR) is 61.1 cm³/mol. The van der Waals surface area contributed by atoms with Crippen molar-refractivity contribution in [3.63, 3.8) is 0 Å². The van der Waals surface area contributed by atoms with Crippen molar-refractivity contribution in [1.82, 2.24) is 0 Å². The summed E-state index contributed by atoms with van der Waals surface area (Å²) in [4.78, 5) is 20.6. The Balaban J connectivity index is 3.43. The van der Waals surface area contributed by atoms with E-state index in [1.807, 2.05) is 0 Å². The molecule has 8 heteroatoms. The van der Waals surface area contributed by atoms with Crippen molar-refractivity contribution < 1.29 is 19.9 Å². The molecule has 0 spiro atoms. The topological polar surface area (TPSA) is 101 Å². The minimum atomic E-state index is -1.83. The fraction of sp³-hybridized carbons (Fsp3) is 0.125. The van der Waals surface area contributed by atoms with Crippen LogP contribution in [0.5, 0.6) is 0 Å². The molecular formula is C8H5Br2NO5. The Morgan fingerprint density at radius 1 is 1.44 bits per heavy atom. The molecular weight excluding hydrogens is 350 g/mol. The fourth-order valence-electron chi connectivity index (χ4n) is 1.07. The molecule has 0 aliphatic rings. The van der Waals surface area contributed by atoms with Gasteiger partial charge in [0, 0.05) is 16.1 Å². The standard InChI is InChI=1S/C8H5Br2NO5/c9-3-1-2-4(11(15)16)6(10)5(3)7(12)8(13)14/h1-2,7,12H,(H,13,14). The van der Waals surface area contributed by atoms with Gasteiger partial charge in [-0.2, -0.15) is 0 Å². The Morgan fingerprint density at radius 3 is 2.44 bits per heavy atom. The van der Waals surface area contributed by atoms with Crippen LogP contribution in [0.25, 0.3) is 0 Å². The number of hydrogen-bond acceptors (Lipinski definition) is 4. The van der Waals surface area contributed by atoms with Gasteiger partial charge in [0.15, 0.2) is 6.10 Å². The number of nitro groups is 1. The van der Waals surface area contributed by atoms with Crippen LogP contribution in [0.2, 0.25) is 0 Å². The molecule has 1 aromatic carbocycles. The van der Waals surface area contributed by atoms with Crippen molar-refractivity contribution in [2.24, 2.45) is 0 Å². The van der Waals surface area contributed by atoms with Gasteiger partial charge in [0.2, 0.25) is 0 Å². The average Bonchev–Trinajstić information content (AvgIpc) is 2.16. The molecule has 0 aliphatic heterocycles. The molecule has 6 nitrogen and oxygen atoms in total. The number of carbonyl (C=O) groups is 1. The molecule has 86 valence electrons. The summed E-state index contributed by atoms with van der Waals surface area (Å²) < 4.78 is 0.224. The number of aliphatic hydroxyl groups excluding tert-OH is 1. The zero-order valence-electron chi connectivity index (χ0n) is 7.55. The van der Waals surface area contributed by atoms with Crippen LogP contribution in [-0.2, 0) is 4.79 Å². The molecule has 0 aliphatic carbocycles. The van der Waals surface area contributed by atoms with Gasteiger partial charge in [-0.25, -0.2) is 4.79 Å². The Bertz CT molecular complexity index is 462. The van der Waals surface area contributed by atoms with Crippen molar-refractivity contribution in [2.45, 2.75) is 6.10 Å². The van der Waals surface area contributed by atoms with E-state index in [2.05, 4.69) is 31.9 Å². The molecule has 0 fully saturated rings. The normalized spacial score (nSPS) is 12.2. The number of nitro benzene ring substituents is 1. The highest BCUT2D eigenvalue weighted by atomic mass is 79.9. The van der Waals surface area contributed by atoms with E-state index in [1.165, 1.54) is 12.1 Å². The predicted octanol–water partition coefficient (Wildman–Crippen LogP) is 2.24. The first-order valence-corrected chi connectivity index (χ1v) is 5.48.